The quantitative estimate of drug-likeness (QED) is 0.570. The van der Waals surface area contributed by atoms with Crippen molar-refractivity contribution in [2.24, 2.45) is 0 Å². The Labute approximate surface area is 164 Å². The van der Waals surface area contributed by atoms with Gasteiger partial charge < -0.3 is 10.1 Å². The number of nitrogens with one attached hydrogen (secondary N) is 1. The highest BCUT2D eigenvalue weighted by Crippen LogP contribution is 2.27. The Bertz CT molecular complexity index is 868. The maximum Gasteiger partial charge on any atom is 0.276 e. The van der Waals surface area contributed by atoms with E-state index in [1.165, 1.54) is 4.90 Å². The second kappa shape index (κ2) is 7.56. The third-order valence-electron chi connectivity index (χ3n) is 3.66. The van der Waals surface area contributed by atoms with Crippen molar-refractivity contribution in [3.63, 3.8) is 0 Å². The first-order valence-electron chi connectivity index (χ1n) is 7.41. The van der Waals surface area contributed by atoms with Crippen molar-refractivity contribution in [2.45, 2.75) is 6.61 Å². The highest BCUT2D eigenvalue weighted by molar-refractivity contribution is 9.10. The van der Waals surface area contributed by atoms with E-state index >= 15 is 0 Å². The van der Waals surface area contributed by atoms with Crippen LogP contribution >= 0.6 is 39.7 Å². The summed E-state index contributed by atoms with van der Waals surface area (Å²) in [5.41, 5.74) is 2.25. The minimum atomic E-state index is -0.170. The van der Waals surface area contributed by atoms with Crippen molar-refractivity contribution >= 4 is 56.8 Å². The number of hydrogen-bond acceptors (Lipinski definition) is 3. The number of hydrogen-bond donors (Lipinski definition) is 1. The fourth-order valence-electron chi connectivity index (χ4n) is 2.26. The lowest BCUT2D eigenvalue weighted by Gasteiger charge is -2.09. The summed E-state index contributed by atoms with van der Waals surface area (Å²) in [4.78, 5) is 13.4. The molecule has 0 atom stereocenters. The van der Waals surface area contributed by atoms with E-state index in [-0.39, 0.29) is 5.91 Å². The van der Waals surface area contributed by atoms with Gasteiger partial charge in [0.25, 0.3) is 5.91 Å². The van der Waals surface area contributed by atoms with E-state index in [9.17, 15) is 4.79 Å². The van der Waals surface area contributed by atoms with Gasteiger partial charge in [0.1, 0.15) is 18.1 Å². The van der Waals surface area contributed by atoms with E-state index in [2.05, 4.69) is 21.2 Å². The Hall–Kier alpha value is -1.89. The predicted octanol–water partition coefficient (Wildman–Crippen LogP) is 4.37. The molecule has 128 valence electrons. The number of amides is 1. The van der Waals surface area contributed by atoms with Crippen molar-refractivity contribution < 1.29 is 9.53 Å². The molecule has 1 aliphatic heterocycles. The van der Waals surface area contributed by atoms with E-state index in [4.69, 9.17) is 28.6 Å². The van der Waals surface area contributed by atoms with Gasteiger partial charge in [0.05, 0.1) is 5.02 Å². The van der Waals surface area contributed by atoms with Crippen LogP contribution in [-0.4, -0.2) is 23.0 Å². The molecule has 0 unspecified atom stereocenters. The number of thiocarbonyl (C=S) groups is 1. The van der Waals surface area contributed by atoms with Crippen molar-refractivity contribution in [1.29, 1.82) is 0 Å². The summed E-state index contributed by atoms with van der Waals surface area (Å²) in [5, 5.41) is 3.74. The average molecular weight is 438 g/mol. The molecule has 0 bridgehead atoms. The number of rotatable bonds is 4. The van der Waals surface area contributed by atoms with Crippen molar-refractivity contribution in [1.82, 2.24) is 10.2 Å². The second-order valence-corrected chi connectivity index (χ2v) is 7.17. The van der Waals surface area contributed by atoms with Crippen molar-refractivity contribution in [3.05, 3.63) is 68.8 Å². The van der Waals surface area contributed by atoms with E-state index in [0.29, 0.717) is 28.2 Å². The molecule has 2 aromatic rings. The van der Waals surface area contributed by atoms with Crippen LogP contribution in [-0.2, 0) is 11.4 Å². The zero-order chi connectivity index (χ0) is 18.0. The first kappa shape index (κ1) is 17.9. The van der Waals surface area contributed by atoms with Gasteiger partial charge in [-0.05, 0) is 53.7 Å². The van der Waals surface area contributed by atoms with Gasteiger partial charge in [-0.2, -0.15) is 0 Å². The number of carbonyl (C=O) groups excluding carboxylic acids is 1. The molecule has 1 saturated heterocycles. The lowest BCUT2D eigenvalue weighted by molar-refractivity contribution is -0.121. The van der Waals surface area contributed by atoms with Crippen LogP contribution in [0, 0.1) is 0 Å². The van der Waals surface area contributed by atoms with Crippen LogP contribution in [0.2, 0.25) is 5.02 Å². The van der Waals surface area contributed by atoms with Gasteiger partial charge in [-0.3, -0.25) is 9.69 Å². The van der Waals surface area contributed by atoms with Gasteiger partial charge in [0.2, 0.25) is 0 Å². The predicted molar refractivity (Wildman–Crippen MR) is 106 cm³/mol. The van der Waals surface area contributed by atoms with Crippen LogP contribution in [0.5, 0.6) is 5.75 Å². The number of carbonyl (C=O) groups is 1. The summed E-state index contributed by atoms with van der Waals surface area (Å²) in [6.45, 7) is 0.423. The molecule has 7 heteroatoms. The van der Waals surface area contributed by atoms with Crippen LogP contribution in [0.25, 0.3) is 6.08 Å². The van der Waals surface area contributed by atoms with E-state index in [0.717, 1.165) is 15.6 Å². The normalized spacial score (nSPS) is 15.6. The third-order valence-corrected chi connectivity index (χ3v) is 4.86. The summed E-state index contributed by atoms with van der Waals surface area (Å²) in [6, 6.07) is 13.3. The Morgan fingerprint density at radius 2 is 2.00 bits per heavy atom. The molecule has 25 heavy (non-hydrogen) atoms. The Kier molecular flexibility index (Phi) is 5.42. The first-order chi connectivity index (χ1) is 11.9. The topological polar surface area (TPSA) is 41.6 Å². The summed E-state index contributed by atoms with van der Waals surface area (Å²) < 4.78 is 6.78. The lowest BCUT2D eigenvalue weighted by Crippen LogP contribution is -2.25. The highest BCUT2D eigenvalue weighted by Gasteiger charge is 2.26. The smallest absolute Gasteiger partial charge is 0.276 e. The van der Waals surface area contributed by atoms with Gasteiger partial charge in [0, 0.05) is 11.5 Å². The molecule has 0 aromatic heterocycles. The van der Waals surface area contributed by atoms with Crippen LogP contribution in [0.3, 0.4) is 0 Å². The van der Waals surface area contributed by atoms with Crippen LogP contribution in [0.1, 0.15) is 11.1 Å². The largest absolute Gasteiger partial charge is 0.487 e. The molecule has 3 rings (SSSR count). The van der Waals surface area contributed by atoms with Crippen LogP contribution < -0.4 is 10.1 Å². The molecule has 0 aliphatic carbocycles. The minimum absolute atomic E-state index is 0.170. The van der Waals surface area contributed by atoms with Crippen LogP contribution in [0.4, 0.5) is 0 Å². The molecule has 1 N–H and O–H groups in total. The molecule has 1 fully saturated rings. The zero-order valence-corrected chi connectivity index (χ0v) is 16.4. The molecule has 0 radical (unpaired) electrons. The van der Waals surface area contributed by atoms with Crippen molar-refractivity contribution in [3.8, 4) is 5.75 Å². The summed E-state index contributed by atoms with van der Waals surface area (Å²) in [5.74, 6) is 0.418. The van der Waals surface area contributed by atoms with Gasteiger partial charge in [-0.15, -0.1) is 0 Å². The Morgan fingerprint density at radius 3 is 2.60 bits per heavy atom. The molecule has 1 amide bonds. The standard InChI is InChI=1S/C18H14BrClN2O2S/c1-22-17(23)15(21-18(22)25)9-12-4-7-16(14(20)8-12)24-10-11-2-5-13(19)6-3-11/h2-9H,10H2,1H3,(H,21,25)/b15-9-. The maximum atomic E-state index is 12.0. The second-order valence-electron chi connectivity index (χ2n) is 5.46. The van der Waals surface area contributed by atoms with Gasteiger partial charge in [-0.1, -0.05) is 45.7 Å². The SMILES string of the molecule is CN1C(=O)/C(=C/c2ccc(OCc3ccc(Br)cc3)c(Cl)c2)NC1=S. The molecule has 0 saturated carbocycles. The minimum Gasteiger partial charge on any atom is -0.487 e. The Morgan fingerprint density at radius 1 is 1.28 bits per heavy atom. The van der Waals surface area contributed by atoms with Crippen molar-refractivity contribution in [2.75, 3.05) is 7.05 Å². The van der Waals surface area contributed by atoms with Gasteiger partial charge >= 0.3 is 0 Å². The van der Waals surface area contributed by atoms with Crippen LogP contribution in [0.15, 0.2) is 52.6 Å². The summed E-state index contributed by atoms with van der Waals surface area (Å²) in [7, 11) is 1.63. The fourth-order valence-corrected chi connectivity index (χ4v) is 2.96. The maximum absolute atomic E-state index is 12.0. The number of ether oxygens (including phenoxy) is 1. The van der Waals surface area contributed by atoms with E-state index in [1.54, 1.807) is 25.3 Å². The average Bonchev–Trinajstić information content (AvgIpc) is 2.83. The molecular formula is C18H14BrClN2O2S. The molecule has 0 spiro atoms. The number of likely N-dealkylation sites (N-methyl/N-ethyl adjacent to an activating group) is 1. The molecule has 4 nitrogen and oxygen atoms in total. The summed E-state index contributed by atoms with van der Waals surface area (Å²) in [6.07, 6.45) is 1.71. The van der Waals surface area contributed by atoms with E-state index < -0.39 is 0 Å². The number of benzene rings is 2. The highest BCUT2D eigenvalue weighted by atomic mass is 79.9. The lowest BCUT2D eigenvalue weighted by atomic mass is 10.2. The van der Waals surface area contributed by atoms with E-state index in [1.807, 2.05) is 30.3 Å². The number of nitrogens with zero attached hydrogens (tertiary/aromatic N) is 1. The molecule has 1 aliphatic rings. The Balaban J connectivity index is 1.72. The summed E-state index contributed by atoms with van der Waals surface area (Å²) >= 11 is 14.7. The molecule has 2 aromatic carbocycles. The third kappa shape index (κ3) is 4.21. The van der Waals surface area contributed by atoms with Gasteiger partial charge in [-0.25, -0.2) is 0 Å². The molecular weight excluding hydrogens is 424 g/mol. The van der Waals surface area contributed by atoms with Gasteiger partial charge in [0.15, 0.2) is 5.11 Å². The number of halogens is 2. The first-order valence-corrected chi connectivity index (χ1v) is 8.99. The monoisotopic (exact) mass is 436 g/mol. The fraction of sp³-hybridized carbons (Fsp3) is 0.111. The zero-order valence-electron chi connectivity index (χ0n) is 13.3. The molecule has 1 heterocycles.